The van der Waals surface area contributed by atoms with Crippen molar-refractivity contribution in [1.82, 2.24) is 4.90 Å². The Labute approximate surface area is 111 Å². The van der Waals surface area contributed by atoms with Gasteiger partial charge in [0, 0.05) is 30.1 Å². The molecule has 98 valence electrons. The predicted molar refractivity (Wildman–Crippen MR) is 71.1 cm³/mol. The van der Waals surface area contributed by atoms with E-state index in [1.807, 2.05) is 6.92 Å². The van der Waals surface area contributed by atoms with E-state index < -0.39 is 0 Å². The fourth-order valence-corrected chi connectivity index (χ4v) is 1.70. The molecule has 6 heteroatoms. The van der Waals surface area contributed by atoms with E-state index in [1.54, 1.807) is 29.2 Å². The SMILES string of the molecule is CCN(CC/C(N)=N/O)C(=O)c1cccc(Cl)c1. The van der Waals surface area contributed by atoms with Crippen molar-refractivity contribution in [3.8, 4) is 0 Å². The first-order valence-electron chi connectivity index (χ1n) is 5.59. The molecule has 0 atom stereocenters. The molecule has 0 bridgehead atoms. The van der Waals surface area contributed by atoms with Crippen molar-refractivity contribution in [1.29, 1.82) is 0 Å². The summed E-state index contributed by atoms with van der Waals surface area (Å²) in [5.41, 5.74) is 5.91. The van der Waals surface area contributed by atoms with E-state index in [-0.39, 0.29) is 11.7 Å². The summed E-state index contributed by atoms with van der Waals surface area (Å²) in [4.78, 5) is 13.8. The van der Waals surface area contributed by atoms with Crippen LogP contribution in [0.15, 0.2) is 29.4 Å². The number of nitrogens with zero attached hydrogens (tertiary/aromatic N) is 2. The normalized spacial score (nSPS) is 11.3. The Morgan fingerprint density at radius 2 is 2.28 bits per heavy atom. The summed E-state index contributed by atoms with van der Waals surface area (Å²) in [6.45, 7) is 2.82. The molecule has 1 rings (SSSR count). The van der Waals surface area contributed by atoms with Crippen LogP contribution in [0.2, 0.25) is 5.02 Å². The first kappa shape index (κ1) is 14.3. The molecule has 1 aromatic carbocycles. The summed E-state index contributed by atoms with van der Waals surface area (Å²) >= 11 is 5.84. The maximum absolute atomic E-state index is 12.2. The Bertz CT molecular complexity index is 449. The summed E-state index contributed by atoms with van der Waals surface area (Å²) in [6, 6.07) is 6.77. The summed E-state index contributed by atoms with van der Waals surface area (Å²) < 4.78 is 0. The highest BCUT2D eigenvalue weighted by Gasteiger charge is 2.14. The number of amides is 1. The zero-order valence-electron chi connectivity index (χ0n) is 10.1. The van der Waals surface area contributed by atoms with E-state index in [9.17, 15) is 4.79 Å². The smallest absolute Gasteiger partial charge is 0.253 e. The Kier molecular flexibility index (Phi) is 5.45. The van der Waals surface area contributed by atoms with Crippen molar-refractivity contribution in [3.63, 3.8) is 0 Å². The fourth-order valence-electron chi connectivity index (χ4n) is 1.51. The van der Waals surface area contributed by atoms with Crippen LogP contribution >= 0.6 is 11.6 Å². The maximum atomic E-state index is 12.2. The fraction of sp³-hybridized carbons (Fsp3) is 0.333. The second-order valence-corrected chi connectivity index (χ2v) is 4.17. The standard InChI is InChI=1S/C12H16ClN3O2/c1-2-16(7-6-11(14)15-18)12(17)9-4-3-5-10(13)8-9/h3-5,8,18H,2,6-7H2,1H3,(H2,14,15). The highest BCUT2D eigenvalue weighted by atomic mass is 35.5. The van der Waals surface area contributed by atoms with Gasteiger partial charge in [0.05, 0.1) is 0 Å². The van der Waals surface area contributed by atoms with Gasteiger partial charge in [0.15, 0.2) is 0 Å². The molecule has 0 aromatic heterocycles. The van der Waals surface area contributed by atoms with E-state index in [0.717, 1.165) is 0 Å². The van der Waals surface area contributed by atoms with Crippen molar-refractivity contribution in [2.75, 3.05) is 13.1 Å². The second-order valence-electron chi connectivity index (χ2n) is 3.74. The van der Waals surface area contributed by atoms with Crippen LogP contribution in [0, 0.1) is 0 Å². The van der Waals surface area contributed by atoms with Crippen LogP contribution in [0.25, 0.3) is 0 Å². The number of amidine groups is 1. The van der Waals surface area contributed by atoms with E-state index >= 15 is 0 Å². The van der Waals surface area contributed by atoms with Gasteiger partial charge >= 0.3 is 0 Å². The van der Waals surface area contributed by atoms with Crippen molar-refractivity contribution >= 4 is 23.3 Å². The third-order valence-electron chi connectivity index (χ3n) is 2.51. The van der Waals surface area contributed by atoms with Gasteiger partial charge in [-0.25, -0.2) is 0 Å². The van der Waals surface area contributed by atoms with E-state index in [2.05, 4.69) is 5.16 Å². The van der Waals surface area contributed by atoms with E-state index in [4.69, 9.17) is 22.5 Å². The largest absolute Gasteiger partial charge is 0.409 e. The number of halogens is 1. The van der Waals surface area contributed by atoms with Crippen LogP contribution < -0.4 is 5.73 Å². The minimum atomic E-state index is -0.120. The molecule has 0 aliphatic carbocycles. The van der Waals surface area contributed by atoms with Gasteiger partial charge in [0.1, 0.15) is 5.84 Å². The third-order valence-corrected chi connectivity index (χ3v) is 2.74. The van der Waals surface area contributed by atoms with Crippen molar-refractivity contribution < 1.29 is 10.0 Å². The zero-order chi connectivity index (χ0) is 13.5. The minimum absolute atomic E-state index is 0.104. The highest BCUT2D eigenvalue weighted by Crippen LogP contribution is 2.13. The summed E-state index contributed by atoms with van der Waals surface area (Å²) in [5.74, 6) is -0.0157. The Balaban J connectivity index is 2.73. The predicted octanol–water partition coefficient (Wildman–Crippen LogP) is 1.94. The lowest BCUT2D eigenvalue weighted by molar-refractivity contribution is 0.0768. The number of benzene rings is 1. The molecule has 0 spiro atoms. The van der Waals surface area contributed by atoms with Crippen molar-refractivity contribution in [2.45, 2.75) is 13.3 Å². The summed E-state index contributed by atoms with van der Waals surface area (Å²) in [6.07, 6.45) is 0.330. The lowest BCUT2D eigenvalue weighted by Gasteiger charge is -2.20. The molecule has 0 aliphatic heterocycles. The number of hydrogen-bond acceptors (Lipinski definition) is 3. The molecule has 0 radical (unpaired) electrons. The number of rotatable bonds is 5. The van der Waals surface area contributed by atoms with Gasteiger partial charge in [0.25, 0.3) is 5.91 Å². The van der Waals surface area contributed by atoms with E-state index in [0.29, 0.717) is 30.1 Å². The highest BCUT2D eigenvalue weighted by molar-refractivity contribution is 6.30. The summed E-state index contributed by atoms with van der Waals surface area (Å²) in [5, 5.41) is 11.9. The van der Waals surface area contributed by atoms with Crippen LogP contribution in [0.4, 0.5) is 0 Å². The molecular weight excluding hydrogens is 254 g/mol. The number of carbonyl (C=O) groups is 1. The first-order valence-corrected chi connectivity index (χ1v) is 5.97. The maximum Gasteiger partial charge on any atom is 0.253 e. The Morgan fingerprint density at radius 1 is 1.56 bits per heavy atom. The molecule has 0 saturated heterocycles. The van der Waals surface area contributed by atoms with Crippen LogP contribution in [-0.4, -0.2) is 34.9 Å². The molecule has 3 N–H and O–H groups in total. The van der Waals surface area contributed by atoms with Gasteiger partial charge < -0.3 is 15.8 Å². The second kappa shape index (κ2) is 6.86. The molecule has 1 aromatic rings. The first-order chi connectivity index (χ1) is 8.58. The topological polar surface area (TPSA) is 78.9 Å². The van der Waals surface area contributed by atoms with Gasteiger partial charge in [-0.3, -0.25) is 4.79 Å². The van der Waals surface area contributed by atoms with Crippen molar-refractivity contribution in [3.05, 3.63) is 34.9 Å². The Morgan fingerprint density at radius 3 is 2.83 bits per heavy atom. The quantitative estimate of drug-likeness (QED) is 0.371. The molecule has 0 heterocycles. The number of hydrogen-bond donors (Lipinski definition) is 2. The van der Waals surface area contributed by atoms with Crippen molar-refractivity contribution in [2.24, 2.45) is 10.9 Å². The van der Waals surface area contributed by atoms with Crippen LogP contribution in [0.5, 0.6) is 0 Å². The van der Waals surface area contributed by atoms with Crippen LogP contribution in [0.3, 0.4) is 0 Å². The summed E-state index contributed by atoms with van der Waals surface area (Å²) in [7, 11) is 0. The minimum Gasteiger partial charge on any atom is -0.409 e. The molecule has 5 nitrogen and oxygen atoms in total. The number of oxime groups is 1. The average molecular weight is 270 g/mol. The van der Waals surface area contributed by atoms with E-state index in [1.165, 1.54) is 0 Å². The van der Waals surface area contributed by atoms with Crippen LogP contribution in [-0.2, 0) is 0 Å². The molecular formula is C12H16ClN3O2. The number of carbonyl (C=O) groups excluding carboxylic acids is 1. The monoisotopic (exact) mass is 269 g/mol. The molecule has 18 heavy (non-hydrogen) atoms. The molecule has 1 amide bonds. The van der Waals surface area contributed by atoms with Crippen LogP contribution in [0.1, 0.15) is 23.7 Å². The zero-order valence-corrected chi connectivity index (χ0v) is 10.9. The molecule has 0 unspecified atom stereocenters. The van der Waals surface area contributed by atoms with Gasteiger partial charge in [-0.05, 0) is 25.1 Å². The van der Waals surface area contributed by atoms with Gasteiger partial charge in [-0.15, -0.1) is 0 Å². The molecule has 0 aliphatic rings. The third kappa shape index (κ3) is 3.92. The lowest BCUT2D eigenvalue weighted by atomic mass is 10.2. The van der Waals surface area contributed by atoms with Gasteiger partial charge in [-0.1, -0.05) is 22.8 Å². The Hall–Kier alpha value is -1.75. The number of nitrogens with two attached hydrogens (primary N) is 1. The molecule has 0 saturated carbocycles. The average Bonchev–Trinajstić information content (AvgIpc) is 2.38. The van der Waals surface area contributed by atoms with Gasteiger partial charge in [0.2, 0.25) is 0 Å². The molecule has 0 fully saturated rings. The van der Waals surface area contributed by atoms with Gasteiger partial charge in [-0.2, -0.15) is 0 Å². The lowest BCUT2D eigenvalue weighted by Crippen LogP contribution is -2.33.